The Morgan fingerprint density at radius 2 is 1.75 bits per heavy atom. The molecule has 3 heteroatoms. The Kier molecular flexibility index (Phi) is 4.40. The molecule has 0 spiro atoms. The van der Waals surface area contributed by atoms with E-state index in [1.165, 1.54) is 6.07 Å². The number of halogens is 1. The van der Waals surface area contributed by atoms with Crippen LogP contribution in [0, 0.1) is 5.82 Å². The molecule has 0 heterocycles. The van der Waals surface area contributed by atoms with Gasteiger partial charge >= 0.3 is 0 Å². The first-order chi connectivity index (χ1) is 9.59. The molecule has 0 aliphatic heterocycles. The van der Waals surface area contributed by atoms with E-state index in [1.54, 1.807) is 25.3 Å². The van der Waals surface area contributed by atoms with Crippen LogP contribution in [0.5, 0.6) is 5.75 Å². The van der Waals surface area contributed by atoms with Gasteiger partial charge in [-0.1, -0.05) is 37.3 Å². The summed E-state index contributed by atoms with van der Waals surface area (Å²) in [5, 5.41) is 9.73. The van der Waals surface area contributed by atoms with Crippen LogP contribution in [0.3, 0.4) is 0 Å². The highest BCUT2D eigenvalue weighted by Crippen LogP contribution is 2.30. The van der Waals surface area contributed by atoms with Crippen molar-refractivity contribution in [3.63, 3.8) is 0 Å². The van der Waals surface area contributed by atoms with E-state index in [0.717, 1.165) is 11.3 Å². The summed E-state index contributed by atoms with van der Waals surface area (Å²) in [4.78, 5) is 0. The third-order valence-corrected chi connectivity index (χ3v) is 3.63. The van der Waals surface area contributed by atoms with Crippen LogP contribution in [-0.4, -0.2) is 18.8 Å². The largest absolute Gasteiger partial charge is 0.497 e. The standard InChI is InChI=1S/C17H19FO2/c1-17(12-19,15-5-3-4-6-16(15)18)11-13-7-9-14(20-2)10-8-13/h3-10,19H,11-12H2,1-2H3. The molecule has 0 fully saturated rings. The number of methoxy groups -OCH3 is 1. The van der Waals surface area contributed by atoms with Gasteiger partial charge in [-0.25, -0.2) is 4.39 Å². The van der Waals surface area contributed by atoms with Crippen molar-refractivity contribution in [3.8, 4) is 5.75 Å². The molecule has 0 saturated carbocycles. The molecule has 2 aromatic rings. The van der Waals surface area contributed by atoms with Gasteiger partial charge in [0.1, 0.15) is 11.6 Å². The number of hydrogen-bond acceptors (Lipinski definition) is 2. The maximum atomic E-state index is 14.0. The predicted octanol–water partition coefficient (Wildman–Crippen LogP) is 3.33. The lowest BCUT2D eigenvalue weighted by Crippen LogP contribution is -2.30. The third kappa shape index (κ3) is 2.99. The van der Waals surface area contributed by atoms with E-state index in [9.17, 15) is 9.50 Å². The molecule has 2 aromatic carbocycles. The minimum atomic E-state index is -0.639. The smallest absolute Gasteiger partial charge is 0.127 e. The van der Waals surface area contributed by atoms with Crippen LogP contribution >= 0.6 is 0 Å². The van der Waals surface area contributed by atoms with E-state index < -0.39 is 5.41 Å². The Hall–Kier alpha value is -1.87. The van der Waals surface area contributed by atoms with Crippen molar-refractivity contribution in [3.05, 3.63) is 65.5 Å². The molecule has 106 valence electrons. The average Bonchev–Trinajstić information content (AvgIpc) is 2.48. The van der Waals surface area contributed by atoms with Crippen LogP contribution in [0.4, 0.5) is 4.39 Å². The first-order valence-corrected chi connectivity index (χ1v) is 6.58. The Bertz CT molecular complexity index is 565. The zero-order chi connectivity index (χ0) is 14.6. The number of aliphatic hydroxyl groups excluding tert-OH is 1. The summed E-state index contributed by atoms with van der Waals surface area (Å²) >= 11 is 0. The molecule has 1 atom stereocenters. The van der Waals surface area contributed by atoms with Crippen LogP contribution < -0.4 is 4.74 Å². The quantitative estimate of drug-likeness (QED) is 0.906. The van der Waals surface area contributed by atoms with E-state index >= 15 is 0 Å². The molecule has 0 aliphatic rings. The summed E-state index contributed by atoms with van der Waals surface area (Å²) in [5.74, 6) is 0.503. The van der Waals surface area contributed by atoms with Crippen molar-refractivity contribution in [1.29, 1.82) is 0 Å². The maximum absolute atomic E-state index is 14.0. The van der Waals surface area contributed by atoms with Gasteiger partial charge in [-0.2, -0.15) is 0 Å². The molecular formula is C17H19FO2. The van der Waals surface area contributed by atoms with E-state index in [1.807, 2.05) is 31.2 Å². The van der Waals surface area contributed by atoms with E-state index in [-0.39, 0.29) is 12.4 Å². The summed E-state index contributed by atoms with van der Waals surface area (Å²) in [6.07, 6.45) is 0.564. The SMILES string of the molecule is COc1ccc(CC(C)(CO)c2ccccc2F)cc1. The second-order valence-electron chi connectivity index (χ2n) is 5.22. The number of ether oxygens (including phenoxy) is 1. The third-order valence-electron chi connectivity index (χ3n) is 3.63. The summed E-state index contributed by atoms with van der Waals surface area (Å²) in [5.41, 5.74) is 0.934. The minimum Gasteiger partial charge on any atom is -0.497 e. The van der Waals surface area contributed by atoms with Crippen LogP contribution in [-0.2, 0) is 11.8 Å². The Labute approximate surface area is 118 Å². The van der Waals surface area contributed by atoms with Crippen LogP contribution in [0.1, 0.15) is 18.1 Å². The highest BCUT2D eigenvalue weighted by molar-refractivity contribution is 5.33. The van der Waals surface area contributed by atoms with E-state index in [4.69, 9.17) is 4.74 Å². The molecule has 1 N–H and O–H groups in total. The number of rotatable bonds is 5. The molecule has 0 amide bonds. The number of hydrogen-bond donors (Lipinski definition) is 1. The lowest BCUT2D eigenvalue weighted by Gasteiger charge is -2.28. The first kappa shape index (κ1) is 14.5. The number of benzene rings is 2. The molecule has 0 saturated heterocycles. The van der Waals surface area contributed by atoms with Crippen molar-refractivity contribution in [2.24, 2.45) is 0 Å². The second kappa shape index (κ2) is 6.06. The van der Waals surface area contributed by atoms with Crippen molar-refractivity contribution in [2.45, 2.75) is 18.8 Å². The van der Waals surface area contributed by atoms with Gasteiger partial charge in [0.05, 0.1) is 13.7 Å². The molecule has 0 radical (unpaired) electrons. The highest BCUT2D eigenvalue weighted by atomic mass is 19.1. The van der Waals surface area contributed by atoms with Gasteiger partial charge in [0, 0.05) is 5.41 Å². The van der Waals surface area contributed by atoms with Gasteiger partial charge in [-0.3, -0.25) is 0 Å². The lowest BCUT2D eigenvalue weighted by molar-refractivity contribution is 0.201. The van der Waals surface area contributed by atoms with Crippen molar-refractivity contribution in [1.82, 2.24) is 0 Å². The molecule has 2 rings (SSSR count). The molecule has 1 unspecified atom stereocenters. The zero-order valence-corrected chi connectivity index (χ0v) is 11.8. The molecule has 20 heavy (non-hydrogen) atoms. The van der Waals surface area contributed by atoms with Crippen molar-refractivity contribution in [2.75, 3.05) is 13.7 Å². The van der Waals surface area contributed by atoms with Crippen molar-refractivity contribution >= 4 is 0 Å². The van der Waals surface area contributed by atoms with Crippen LogP contribution in [0.25, 0.3) is 0 Å². The number of aliphatic hydroxyl groups is 1. The average molecular weight is 274 g/mol. The summed E-state index contributed by atoms with van der Waals surface area (Å²) < 4.78 is 19.1. The topological polar surface area (TPSA) is 29.5 Å². The second-order valence-corrected chi connectivity index (χ2v) is 5.22. The highest BCUT2D eigenvalue weighted by Gasteiger charge is 2.29. The van der Waals surface area contributed by atoms with Crippen LogP contribution in [0.15, 0.2) is 48.5 Å². The zero-order valence-electron chi connectivity index (χ0n) is 11.8. The summed E-state index contributed by atoms with van der Waals surface area (Å²) in [6.45, 7) is 1.76. The molecule has 0 aromatic heterocycles. The van der Waals surface area contributed by atoms with Crippen LogP contribution in [0.2, 0.25) is 0 Å². The Morgan fingerprint density at radius 1 is 1.10 bits per heavy atom. The Balaban J connectivity index is 2.29. The molecular weight excluding hydrogens is 255 g/mol. The van der Waals surface area contributed by atoms with Gasteiger partial charge in [0.15, 0.2) is 0 Å². The van der Waals surface area contributed by atoms with E-state index in [0.29, 0.717) is 12.0 Å². The van der Waals surface area contributed by atoms with Gasteiger partial charge in [-0.05, 0) is 35.7 Å². The minimum absolute atomic E-state index is 0.111. The Morgan fingerprint density at radius 3 is 2.30 bits per heavy atom. The fraction of sp³-hybridized carbons (Fsp3) is 0.294. The van der Waals surface area contributed by atoms with Gasteiger partial charge in [0.25, 0.3) is 0 Å². The van der Waals surface area contributed by atoms with E-state index in [2.05, 4.69) is 0 Å². The van der Waals surface area contributed by atoms with Gasteiger partial charge in [0.2, 0.25) is 0 Å². The van der Waals surface area contributed by atoms with Crippen molar-refractivity contribution < 1.29 is 14.2 Å². The predicted molar refractivity (Wildman–Crippen MR) is 77.5 cm³/mol. The normalized spacial score (nSPS) is 13.8. The van der Waals surface area contributed by atoms with Gasteiger partial charge < -0.3 is 9.84 Å². The lowest BCUT2D eigenvalue weighted by atomic mass is 9.78. The van der Waals surface area contributed by atoms with Gasteiger partial charge in [-0.15, -0.1) is 0 Å². The monoisotopic (exact) mass is 274 g/mol. The maximum Gasteiger partial charge on any atom is 0.127 e. The fourth-order valence-corrected chi connectivity index (χ4v) is 2.38. The summed E-state index contributed by atoms with van der Waals surface area (Å²) in [7, 11) is 1.62. The molecule has 0 bridgehead atoms. The molecule has 2 nitrogen and oxygen atoms in total. The fourth-order valence-electron chi connectivity index (χ4n) is 2.38. The molecule has 0 aliphatic carbocycles. The first-order valence-electron chi connectivity index (χ1n) is 6.58. The summed E-state index contributed by atoms with van der Waals surface area (Å²) in [6, 6.07) is 14.2.